The molecule has 0 bridgehead atoms. The second-order valence-corrected chi connectivity index (χ2v) is 5.47. The molecule has 0 fully saturated rings. The van der Waals surface area contributed by atoms with E-state index in [1.807, 2.05) is 0 Å². The minimum absolute atomic E-state index is 0.137. The summed E-state index contributed by atoms with van der Waals surface area (Å²) < 4.78 is 0. The first kappa shape index (κ1) is 15.1. The highest BCUT2D eigenvalue weighted by molar-refractivity contribution is 6.34. The molecule has 0 saturated heterocycles. The average Bonchev–Trinajstić information content (AvgIpc) is 2.91. The summed E-state index contributed by atoms with van der Waals surface area (Å²) in [5.74, 6) is -0.897. The van der Waals surface area contributed by atoms with Gasteiger partial charge in [-0.15, -0.1) is 0 Å². The van der Waals surface area contributed by atoms with Crippen molar-refractivity contribution in [2.45, 2.75) is 6.92 Å². The van der Waals surface area contributed by atoms with Crippen LogP contribution in [0.2, 0.25) is 5.02 Å². The zero-order chi connectivity index (χ0) is 16.7. The number of hydrogen-bond donors (Lipinski definition) is 3. The van der Waals surface area contributed by atoms with E-state index in [1.54, 1.807) is 18.2 Å². The molecule has 0 unspecified atom stereocenters. The molecule has 0 amide bonds. The topological polar surface area (TPSA) is 109 Å². The van der Waals surface area contributed by atoms with Crippen LogP contribution >= 0.6 is 11.6 Å². The van der Waals surface area contributed by atoms with Crippen LogP contribution in [0.3, 0.4) is 0 Å². The van der Waals surface area contributed by atoms with Crippen molar-refractivity contribution < 1.29 is 14.7 Å². The van der Waals surface area contributed by atoms with Crippen molar-refractivity contribution in [1.82, 2.24) is 9.97 Å². The van der Waals surface area contributed by atoms with Gasteiger partial charge in [0.1, 0.15) is 5.82 Å². The van der Waals surface area contributed by atoms with Gasteiger partial charge in [0.05, 0.1) is 27.2 Å². The Kier molecular flexibility index (Phi) is 3.54. The van der Waals surface area contributed by atoms with E-state index in [0.717, 1.165) is 0 Å². The molecule has 7 heteroatoms. The maximum Gasteiger partial charge on any atom is 0.335 e. The highest BCUT2D eigenvalue weighted by Gasteiger charge is 2.19. The van der Waals surface area contributed by atoms with Gasteiger partial charge < -0.3 is 15.8 Å². The van der Waals surface area contributed by atoms with Gasteiger partial charge in [-0.05, 0) is 37.3 Å². The Balaban J connectivity index is 2.27. The number of imidazole rings is 1. The number of nitrogens with one attached hydrogen (secondary N) is 1. The molecule has 2 aromatic carbocycles. The summed E-state index contributed by atoms with van der Waals surface area (Å²) in [4.78, 5) is 30.4. The molecule has 0 aliphatic carbocycles. The summed E-state index contributed by atoms with van der Waals surface area (Å²) >= 11 is 6.23. The zero-order valence-electron chi connectivity index (χ0n) is 12.1. The van der Waals surface area contributed by atoms with Crippen molar-refractivity contribution in [3.8, 4) is 11.4 Å². The van der Waals surface area contributed by atoms with E-state index in [-0.39, 0.29) is 16.9 Å². The molecule has 3 rings (SSSR count). The number of carbonyl (C=O) groups excluding carboxylic acids is 1. The number of aromatic carboxylic acids is 1. The minimum atomic E-state index is -1.03. The van der Waals surface area contributed by atoms with Gasteiger partial charge >= 0.3 is 5.97 Å². The lowest BCUT2D eigenvalue weighted by atomic mass is 10.0. The van der Waals surface area contributed by atoms with Crippen molar-refractivity contribution in [3.05, 3.63) is 46.5 Å². The van der Waals surface area contributed by atoms with Gasteiger partial charge in [-0.2, -0.15) is 0 Å². The number of nitrogen functional groups attached to an aromatic ring is 1. The largest absolute Gasteiger partial charge is 0.478 e. The van der Waals surface area contributed by atoms with Crippen molar-refractivity contribution in [2.24, 2.45) is 0 Å². The second-order valence-electron chi connectivity index (χ2n) is 5.07. The number of nitrogens with two attached hydrogens (primary N) is 1. The van der Waals surface area contributed by atoms with Gasteiger partial charge in [-0.25, -0.2) is 9.78 Å². The van der Waals surface area contributed by atoms with E-state index in [4.69, 9.17) is 22.4 Å². The number of carboxylic acids is 1. The zero-order valence-corrected chi connectivity index (χ0v) is 12.8. The molecular formula is C16H12ClN3O3. The molecule has 1 aromatic heterocycles. The fourth-order valence-corrected chi connectivity index (χ4v) is 2.71. The van der Waals surface area contributed by atoms with Gasteiger partial charge in [0.15, 0.2) is 5.78 Å². The Hall–Kier alpha value is -2.86. The summed E-state index contributed by atoms with van der Waals surface area (Å²) in [7, 11) is 0. The Morgan fingerprint density at radius 2 is 2.00 bits per heavy atom. The van der Waals surface area contributed by atoms with Gasteiger partial charge in [-0.1, -0.05) is 11.6 Å². The molecule has 4 N–H and O–H groups in total. The molecule has 23 heavy (non-hydrogen) atoms. The number of aromatic amines is 1. The predicted molar refractivity (Wildman–Crippen MR) is 87.9 cm³/mol. The third-order valence-corrected chi connectivity index (χ3v) is 3.82. The Labute approximate surface area is 135 Å². The third-order valence-electron chi connectivity index (χ3n) is 3.50. The number of carboxylic acid groups (broad SMARTS) is 1. The van der Waals surface area contributed by atoms with Crippen LogP contribution in [0.1, 0.15) is 27.6 Å². The number of Topliss-reactive ketones (excluding diaryl/α,β-unsaturated/α-hetero) is 1. The number of halogens is 1. The van der Waals surface area contributed by atoms with Crippen molar-refractivity contribution in [1.29, 1.82) is 0 Å². The normalized spacial score (nSPS) is 10.9. The van der Waals surface area contributed by atoms with Crippen LogP contribution in [0, 0.1) is 0 Å². The minimum Gasteiger partial charge on any atom is -0.478 e. The maximum atomic E-state index is 11.9. The second kappa shape index (κ2) is 5.40. The lowest BCUT2D eigenvalue weighted by Crippen LogP contribution is -2.03. The van der Waals surface area contributed by atoms with E-state index in [9.17, 15) is 9.59 Å². The summed E-state index contributed by atoms with van der Waals surface area (Å²) in [5, 5.41) is 9.38. The standard InChI is InChI=1S/C16H12ClN3O3/c1-7(21)13-10(18)4-3-9(17)14(13)15-19-11-5-2-8(16(22)23)6-12(11)20-15/h2-6H,18H2,1H3,(H,19,20)(H,22,23). The van der Waals surface area contributed by atoms with Crippen LogP contribution in [-0.2, 0) is 0 Å². The lowest BCUT2D eigenvalue weighted by molar-refractivity contribution is 0.0696. The Morgan fingerprint density at radius 1 is 1.26 bits per heavy atom. The number of H-pyrrole nitrogens is 1. The molecule has 0 spiro atoms. The molecule has 1 heterocycles. The van der Waals surface area contributed by atoms with Crippen LogP contribution in [0.5, 0.6) is 0 Å². The number of benzene rings is 2. The fourth-order valence-electron chi connectivity index (χ4n) is 2.47. The first-order valence-electron chi connectivity index (χ1n) is 6.71. The fraction of sp³-hybridized carbons (Fsp3) is 0.0625. The number of aromatic nitrogens is 2. The quantitative estimate of drug-likeness (QED) is 0.504. The molecular weight excluding hydrogens is 318 g/mol. The average molecular weight is 330 g/mol. The smallest absolute Gasteiger partial charge is 0.335 e. The van der Waals surface area contributed by atoms with Gasteiger partial charge in [-0.3, -0.25) is 4.79 Å². The summed E-state index contributed by atoms with van der Waals surface area (Å²) in [5.41, 5.74) is 8.13. The highest BCUT2D eigenvalue weighted by atomic mass is 35.5. The van der Waals surface area contributed by atoms with E-state index < -0.39 is 5.97 Å². The summed E-state index contributed by atoms with van der Waals surface area (Å²) in [6.45, 7) is 1.40. The number of anilines is 1. The van der Waals surface area contributed by atoms with E-state index in [0.29, 0.717) is 33.1 Å². The Bertz CT molecular complexity index is 963. The molecule has 0 aliphatic heterocycles. The maximum absolute atomic E-state index is 11.9. The van der Waals surface area contributed by atoms with E-state index >= 15 is 0 Å². The molecule has 6 nitrogen and oxygen atoms in total. The number of fused-ring (bicyclic) bond motifs is 1. The lowest BCUT2D eigenvalue weighted by Gasteiger charge is -2.09. The van der Waals surface area contributed by atoms with Gasteiger partial charge in [0.25, 0.3) is 0 Å². The number of carbonyl (C=O) groups is 2. The molecule has 0 saturated carbocycles. The molecule has 0 atom stereocenters. The Morgan fingerprint density at radius 3 is 2.65 bits per heavy atom. The number of ketones is 1. The summed E-state index contributed by atoms with van der Waals surface area (Å²) in [6, 6.07) is 7.68. The number of rotatable bonds is 3. The molecule has 116 valence electrons. The SMILES string of the molecule is CC(=O)c1c(N)ccc(Cl)c1-c1nc2ccc(C(=O)O)cc2[nH]1. The third kappa shape index (κ3) is 2.53. The van der Waals surface area contributed by atoms with Crippen molar-refractivity contribution in [2.75, 3.05) is 5.73 Å². The van der Waals surface area contributed by atoms with Gasteiger partial charge in [0.2, 0.25) is 0 Å². The van der Waals surface area contributed by atoms with Crippen molar-refractivity contribution in [3.63, 3.8) is 0 Å². The monoisotopic (exact) mass is 329 g/mol. The predicted octanol–water partition coefficient (Wildman–Crippen LogP) is 3.37. The van der Waals surface area contributed by atoms with Crippen LogP contribution in [-0.4, -0.2) is 26.8 Å². The van der Waals surface area contributed by atoms with Gasteiger partial charge in [0, 0.05) is 11.3 Å². The summed E-state index contributed by atoms with van der Waals surface area (Å²) in [6.07, 6.45) is 0. The van der Waals surface area contributed by atoms with Crippen LogP contribution in [0.25, 0.3) is 22.4 Å². The number of nitrogens with zero attached hydrogens (tertiary/aromatic N) is 1. The van der Waals surface area contributed by atoms with E-state index in [1.165, 1.54) is 19.1 Å². The van der Waals surface area contributed by atoms with Crippen LogP contribution < -0.4 is 5.73 Å². The molecule has 3 aromatic rings. The van der Waals surface area contributed by atoms with Crippen molar-refractivity contribution >= 4 is 40.1 Å². The molecule has 0 radical (unpaired) electrons. The number of hydrogen-bond acceptors (Lipinski definition) is 4. The first-order valence-corrected chi connectivity index (χ1v) is 7.08. The van der Waals surface area contributed by atoms with Crippen LogP contribution in [0.15, 0.2) is 30.3 Å². The highest BCUT2D eigenvalue weighted by Crippen LogP contribution is 2.34. The van der Waals surface area contributed by atoms with E-state index in [2.05, 4.69) is 9.97 Å². The first-order chi connectivity index (χ1) is 10.9. The van der Waals surface area contributed by atoms with Crippen LogP contribution in [0.4, 0.5) is 5.69 Å². The molecule has 0 aliphatic rings.